The van der Waals surface area contributed by atoms with E-state index in [-0.39, 0.29) is 6.04 Å². The molecule has 0 fully saturated rings. The quantitative estimate of drug-likeness (QED) is 0.915. The summed E-state index contributed by atoms with van der Waals surface area (Å²) in [6.07, 6.45) is 1.75. The fourth-order valence-corrected chi connectivity index (χ4v) is 1.67. The minimum Gasteiger partial charge on any atom is -0.439 e. The first-order chi connectivity index (χ1) is 9.06. The van der Waals surface area contributed by atoms with E-state index in [4.69, 9.17) is 10.5 Å². The average Bonchev–Trinajstić information content (AvgIpc) is 2.39. The Hall–Kier alpha value is -2.07. The van der Waals surface area contributed by atoms with Gasteiger partial charge in [0.25, 0.3) is 0 Å². The molecule has 0 radical (unpaired) electrons. The Balaban J connectivity index is 2.14. The van der Waals surface area contributed by atoms with Crippen LogP contribution in [0, 0.1) is 0 Å². The third kappa shape index (κ3) is 3.45. The summed E-state index contributed by atoms with van der Waals surface area (Å²) in [6.45, 7) is 1.93. The lowest BCUT2D eigenvalue weighted by Gasteiger charge is -2.13. The number of hydrogen-bond acceptors (Lipinski definition) is 4. The van der Waals surface area contributed by atoms with Crippen molar-refractivity contribution in [3.63, 3.8) is 0 Å². The molecular formula is C15H19N3O. The van der Waals surface area contributed by atoms with Gasteiger partial charge in [0, 0.05) is 44.2 Å². The topological polar surface area (TPSA) is 51.4 Å². The Bertz CT molecular complexity index is 535. The molecule has 0 aliphatic rings. The van der Waals surface area contributed by atoms with Crippen LogP contribution in [0.15, 0.2) is 42.6 Å². The third-order valence-electron chi connectivity index (χ3n) is 2.84. The van der Waals surface area contributed by atoms with Gasteiger partial charge in [-0.15, -0.1) is 0 Å². The number of ether oxygens (including phenoxy) is 1. The van der Waals surface area contributed by atoms with Crippen LogP contribution in [-0.2, 0) is 0 Å². The highest BCUT2D eigenvalue weighted by atomic mass is 16.5. The second-order valence-corrected chi connectivity index (χ2v) is 4.71. The third-order valence-corrected chi connectivity index (χ3v) is 2.84. The summed E-state index contributed by atoms with van der Waals surface area (Å²) in [4.78, 5) is 6.28. The first-order valence-electron chi connectivity index (χ1n) is 6.23. The fourth-order valence-electron chi connectivity index (χ4n) is 1.67. The van der Waals surface area contributed by atoms with Crippen molar-refractivity contribution in [2.45, 2.75) is 13.0 Å². The summed E-state index contributed by atoms with van der Waals surface area (Å²) in [7, 11) is 3.99. The Labute approximate surface area is 113 Å². The van der Waals surface area contributed by atoms with Gasteiger partial charge >= 0.3 is 0 Å². The number of benzene rings is 1. The predicted molar refractivity (Wildman–Crippen MR) is 77.7 cm³/mol. The summed E-state index contributed by atoms with van der Waals surface area (Å²) < 4.78 is 5.73. The van der Waals surface area contributed by atoms with E-state index in [1.807, 2.05) is 62.3 Å². The summed E-state index contributed by atoms with van der Waals surface area (Å²) in [5.74, 6) is 1.34. The predicted octanol–water partition coefficient (Wildman–Crippen LogP) is 2.96. The van der Waals surface area contributed by atoms with Crippen LogP contribution >= 0.6 is 0 Å². The van der Waals surface area contributed by atoms with Crippen LogP contribution in [0.5, 0.6) is 11.6 Å². The first-order valence-corrected chi connectivity index (χ1v) is 6.23. The number of hydrogen-bond donors (Lipinski definition) is 1. The van der Waals surface area contributed by atoms with Crippen molar-refractivity contribution in [2.75, 3.05) is 19.0 Å². The fraction of sp³-hybridized carbons (Fsp3) is 0.267. The second kappa shape index (κ2) is 5.71. The standard InChI is InChI=1S/C15H19N3O/c1-11(16)12-7-8-15(17-10-12)19-14-6-4-5-13(9-14)18(2)3/h4-11H,16H2,1-3H3/t11-/m0/s1. The van der Waals surface area contributed by atoms with Gasteiger partial charge in [-0.3, -0.25) is 0 Å². The highest BCUT2D eigenvalue weighted by Gasteiger charge is 2.03. The molecule has 0 spiro atoms. The number of nitrogens with two attached hydrogens (primary N) is 1. The summed E-state index contributed by atoms with van der Waals surface area (Å²) in [5, 5.41) is 0. The lowest BCUT2D eigenvalue weighted by atomic mass is 10.2. The molecule has 1 atom stereocenters. The van der Waals surface area contributed by atoms with Gasteiger partial charge in [0.2, 0.25) is 5.88 Å². The van der Waals surface area contributed by atoms with Gasteiger partial charge in [-0.2, -0.15) is 0 Å². The van der Waals surface area contributed by atoms with Gasteiger partial charge in [-0.1, -0.05) is 12.1 Å². The Morgan fingerprint density at radius 1 is 1.21 bits per heavy atom. The van der Waals surface area contributed by atoms with Crippen LogP contribution in [0.3, 0.4) is 0 Å². The molecule has 2 aromatic rings. The maximum absolute atomic E-state index is 5.78. The molecule has 1 aromatic heterocycles. The molecule has 0 aliphatic carbocycles. The zero-order valence-corrected chi connectivity index (χ0v) is 11.5. The molecule has 2 N–H and O–H groups in total. The van der Waals surface area contributed by atoms with Gasteiger partial charge in [-0.25, -0.2) is 4.98 Å². The van der Waals surface area contributed by atoms with Crippen LogP contribution in [0.4, 0.5) is 5.69 Å². The van der Waals surface area contributed by atoms with Gasteiger partial charge < -0.3 is 15.4 Å². The number of rotatable bonds is 4. The second-order valence-electron chi connectivity index (χ2n) is 4.71. The van der Waals surface area contributed by atoms with Crippen molar-refractivity contribution < 1.29 is 4.74 Å². The molecule has 19 heavy (non-hydrogen) atoms. The molecule has 1 heterocycles. The number of nitrogens with zero attached hydrogens (tertiary/aromatic N) is 2. The molecule has 1 aromatic carbocycles. The molecule has 100 valence electrons. The Morgan fingerprint density at radius 2 is 2.00 bits per heavy atom. The molecule has 0 saturated heterocycles. The van der Waals surface area contributed by atoms with E-state index in [0.29, 0.717) is 5.88 Å². The lowest BCUT2D eigenvalue weighted by Crippen LogP contribution is -2.08. The molecule has 0 aliphatic heterocycles. The maximum atomic E-state index is 5.78. The zero-order valence-electron chi connectivity index (χ0n) is 11.5. The van der Waals surface area contributed by atoms with Crippen molar-refractivity contribution in [3.8, 4) is 11.6 Å². The van der Waals surface area contributed by atoms with Crippen molar-refractivity contribution in [1.82, 2.24) is 4.98 Å². The monoisotopic (exact) mass is 257 g/mol. The van der Waals surface area contributed by atoms with Crippen molar-refractivity contribution in [1.29, 1.82) is 0 Å². The highest BCUT2D eigenvalue weighted by molar-refractivity contribution is 5.50. The van der Waals surface area contributed by atoms with Crippen LogP contribution < -0.4 is 15.4 Å². The summed E-state index contributed by atoms with van der Waals surface area (Å²) in [5.41, 5.74) is 7.87. The molecular weight excluding hydrogens is 238 g/mol. The molecule has 0 saturated carbocycles. The van der Waals surface area contributed by atoms with E-state index in [2.05, 4.69) is 4.98 Å². The van der Waals surface area contributed by atoms with Crippen molar-refractivity contribution in [2.24, 2.45) is 5.73 Å². The van der Waals surface area contributed by atoms with Gasteiger partial charge in [0.1, 0.15) is 5.75 Å². The van der Waals surface area contributed by atoms with E-state index in [0.717, 1.165) is 17.0 Å². The summed E-state index contributed by atoms with van der Waals surface area (Å²) in [6, 6.07) is 11.6. The van der Waals surface area contributed by atoms with Crippen LogP contribution in [-0.4, -0.2) is 19.1 Å². The van der Waals surface area contributed by atoms with E-state index in [9.17, 15) is 0 Å². The van der Waals surface area contributed by atoms with Gasteiger partial charge in [0.15, 0.2) is 0 Å². The van der Waals surface area contributed by atoms with Gasteiger partial charge in [-0.05, 0) is 24.6 Å². The molecule has 2 rings (SSSR count). The minimum atomic E-state index is -0.0152. The molecule has 0 amide bonds. The SMILES string of the molecule is C[C@H](N)c1ccc(Oc2cccc(N(C)C)c2)nc1. The normalized spacial score (nSPS) is 12.0. The summed E-state index contributed by atoms with van der Waals surface area (Å²) >= 11 is 0. The molecule has 0 unspecified atom stereocenters. The molecule has 0 bridgehead atoms. The van der Waals surface area contributed by atoms with E-state index >= 15 is 0 Å². The van der Waals surface area contributed by atoms with Crippen molar-refractivity contribution in [3.05, 3.63) is 48.2 Å². The lowest BCUT2D eigenvalue weighted by molar-refractivity contribution is 0.462. The highest BCUT2D eigenvalue weighted by Crippen LogP contribution is 2.24. The number of anilines is 1. The smallest absolute Gasteiger partial charge is 0.219 e. The molecule has 4 heteroatoms. The molecule has 4 nitrogen and oxygen atoms in total. The number of aromatic nitrogens is 1. The van der Waals surface area contributed by atoms with Crippen LogP contribution in [0.1, 0.15) is 18.5 Å². The first kappa shape index (κ1) is 13.4. The minimum absolute atomic E-state index is 0.0152. The Morgan fingerprint density at radius 3 is 2.58 bits per heavy atom. The van der Waals surface area contributed by atoms with Crippen LogP contribution in [0.2, 0.25) is 0 Å². The van der Waals surface area contributed by atoms with E-state index < -0.39 is 0 Å². The Kier molecular flexibility index (Phi) is 4.02. The van der Waals surface area contributed by atoms with E-state index in [1.54, 1.807) is 6.20 Å². The van der Waals surface area contributed by atoms with Crippen molar-refractivity contribution >= 4 is 5.69 Å². The maximum Gasteiger partial charge on any atom is 0.219 e. The largest absolute Gasteiger partial charge is 0.439 e. The number of pyridine rings is 1. The zero-order chi connectivity index (χ0) is 13.8. The van der Waals surface area contributed by atoms with E-state index in [1.165, 1.54) is 0 Å². The average molecular weight is 257 g/mol. The van der Waals surface area contributed by atoms with Crippen LogP contribution in [0.25, 0.3) is 0 Å². The van der Waals surface area contributed by atoms with Gasteiger partial charge in [0.05, 0.1) is 0 Å².